The molecule has 1 aromatic heterocycles. The van der Waals surface area contributed by atoms with Crippen LogP contribution in [0.2, 0.25) is 0 Å². The molecule has 2 saturated heterocycles. The largest absolute Gasteiger partial charge is 0.339 e. The van der Waals surface area contributed by atoms with E-state index in [4.69, 9.17) is 4.52 Å². The molecular formula is C15H25ClN4O2. The molecule has 0 bridgehead atoms. The molecule has 1 aromatic rings. The van der Waals surface area contributed by atoms with Crippen LogP contribution in [-0.4, -0.2) is 40.6 Å². The van der Waals surface area contributed by atoms with Crippen molar-refractivity contribution in [1.82, 2.24) is 20.4 Å². The van der Waals surface area contributed by atoms with E-state index in [1.165, 1.54) is 0 Å². The molecule has 0 radical (unpaired) electrons. The highest BCUT2D eigenvalue weighted by molar-refractivity contribution is 5.85. The highest BCUT2D eigenvalue weighted by Gasteiger charge is 2.36. The molecule has 22 heavy (non-hydrogen) atoms. The molecule has 1 amide bonds. The van der Waals surface area contributed by atoms with Crippen molar-refractivity contribution in [3.05, 3.63) is 11.7 Å². The number of aromatic nitrogens is 2. The lowest BCUT2D eigenvalue weighted by Crippen LogP contribution is -2.42. The number of likely N-dealkylation sites (tertiary alicyclic amines) is 1. The molecule has 2 atom stereocenters. The second-order valence-electron chi connectivity index (χ2n) is 6.38. The van der Waals surface area contributed by atoms with E-state index >= 15 is 0 Å². The third-order valence-corrected chi connectivity index (χ3v) is 4.43. The maximum absolute atomic E-state index is 12.7. The van der Waals surface area contributed by atoms with Gasteiger partial charge in [-0.15, -0.1) is 12.4 Å². The third kappa shape index (κ3) is 3.43. The zero-order valence-corrected chi connectivity index (χ0v) is 14.1. The van der Waals surface area contributed by atoms with E-state index in [-0.39, 0.29) is 36.2 Å². The zero-order valence-electron chi connectivity index (χ0n) is 13.2. The zero-order chi connectivity index (χ0) is 14.8. The molecule has 6 nitrogen and oxygen atoms in total. The number of carbonyl (C=O) groups excluding carboxylic acids is 1. The van der Waals surface area contributed by atoms with Crippen LogP contribution in [0.1, 0.15) is 63.2 Å². The summed E-state index contributed by atoms with van der Waals surface area (Å²) in [6.07, 6.45) is 4.01. The number of nitrogens with zero attached hydrogens (tertiary/aromatic N) is 3. The second-order valence-corrected chi connectivity index (χ2v) is 6.38. The molecule has 124 valence electrons. The van der Waals surface area contributed by atoms with Crippen LogP contribution in [0.4, 0.5) is 0 Å². The summed E-state index contributed by atoms with van der Waals surface area (Å²) in [5.41, 5.74) is 0. The first kappa shape index (κ1) is 17.2. The lowest BCUT2D eigenvalue weighted by Gasteiger charge is -2.29. The van der Waals surface area contributed by atoms with Gasteiger partial charge >= 0.3 is 0 Å². The van der Waals surface area contributed by atoms with Crippen LogP contribution in [0.15, 0.2) is 4.52 Å². The molecule has 0 aliphatic carbocycles. The molecule has 2 aliphatic rings. The first-order valence-electron chi connectivity index (χ1n) is 8.01. The van der Waals surface area contributed by atoms with Gasteiger partial charge in [0.25, 0.3) is 0 Å². The summed E-state index contributed by atoms with van der Waals surface area (Å²) in [6.45, 7) is 6.69. The number of hydrogen-bond donors (Lipinski definition) is 1. The van der Waals surface area contributed by atoms with Gasteiger partial charge in [-0.25, -0.2) is 0 Å². The molecule has 2 aliphatic heterocycles. The summed E-state index contributed by atoms with van der Waals surface area (Å²) in [5.74, 6) is 1.91. The quantitative estimate of drug-likeness (QED) is 0.921. The van der Waals surface area contributed by atoms with Crippen LogP contribution in [0.3, 0.4) is 0 Å². The Kier molecular flexibility index (Phi) is 5.81. The van der Waals surface area contributed by atoms with E-state index < -0.39 is 0 Å². The lowest BCUT2D eigenvalue weighted by atomic mass is 9.97. The van der Waals surface area contributed by atoms with Gasteiger partial charge in [0.05, 0.1) is 12.0 Å². The fourth-order valence-corrected chi connectivity index (χ4v) is 3.21. The van der Waals surface area contributed by atoms with Crippen molar-refractivity contribution < 1.29 is 9.32 Å². The van der Waals surface area contributed by atoms with E-state index in [2.05, 4.69) is 15.5 Å². The molecular weight excluding hydrogens is 304 g/mol. The van der Waals surface area contributed by atoms with Crippen molar-refractivity contribution in [3.8, 4) is 0 Å². The normalized spacial score (nSPS) is 25.3. The highest BCUT2D eigenvalue weighted by atomic mass is 35.5. The smallest absolute Gasteiger partial charge is 0.229 e. The minimum Gasteiger partial charge on any atom is -0.339 e. The van der Waals surface area contributed by atoms with Crippen LogP contribution in [-0.2, 0) is 4.79 Å². The van der Waals surface area contributed by atoms with Crippen molar-refractivity contribution in [2.75, 3.05) is 19.6 Å². The Balaban J connectivity index is 0.00000176. The number of piperidine rings is 1. The van der Waals surface area contributed by atoms with E-state index in [0.717, 1.165) is 45.3 Å². The molecule has 2 fully saturated rings. The first-order valence-corrected chi connectivity index (χ1v) is 8.01. The average Bonchev–Trinajstić information content (AvgIpc) is 3.16. The van der Waals surface area contributed by atoms with Gasteiger partial charge < -0.3 is 14.7 Å². The van der Waals surface area contributed by atoms with E-state index in [1.54, 1.807) is 0 Å². The predicted molar refractivity (Wildman–Crippen MR) is 84.9 cm³/mol. The van der Waals surface area contributed by atoms with Crippen LogP contribution < -0.4 is 5.32 Å². The Labute approximate surface area is 137 Å². The molecule has 1 N–H and O–H groups in total. The van der Waals surface area contributed by atoms with Gasteiger partial charge in [-0.1, -0.05) is 19.0 Å². The van der Waals surface area contributed by atoms with Crippen LogP contribution in [0, 0.1) is 5.92 Å². The maximum Gasteiger partial charge on any atom is 0.229 e. The Morgan fingerprint density at radius 1 is 1.36 bits per heavy atom. The van der Waals surface area contributed by atoms with Gasteiger partial charge in [0.2, 0.25) is 11.8 Å². The van der Waals surface area contributed by atoms with Gasteiger partial charge in [-0.2, -0.15) is 4.98 Å². The SMILES string of the molecule is CC(C)c1nc(C2CCCN2C(=O)C2CCCNC2)no1.Cl. The highest BCUT2D eigenvalue weighted by Crippen LogP contribution is 2.32. The number of amides is 1. The summed E-state index contributed by atoms with van der Waals surface area (Å²) >= 11 is 0. The summed E-state index contributed by atoms with van der Waals surface area (Å²) in [5, 5.41) is 7.42. The Morgan fingerprint density at radius 2 is 2.18 bits per heavy atom. The third-order valence-electron chi connectivity index (χ3n) is 4.43. The van der Waals surface area contributed by atoms with Gasteiger partial charge in [0, 0.05) is 19.0 Å². The monoisotopic (exact) mass is 328 g/mol. The summed E-state index contributed by atoms with van der Waals surface area (Å²) in [6, 6.07) is -0.00400. The predicted octanol–water partition coefficient (Wildman–Crippen LogP) is 2.28. The molecule has 3 rings (SSSR count). The van der Waals surface area contributed by atoms with E-state index in [1.807, 2.05) is 18.7 Å². The van der Waals surface area contributed by atoms with Crippen molar-refractivity contribution in [1.29, 1.82) is 0 Å². The molecule has 3 heterocycles. The van der Waals surface area contributed by atoms with Crippen LogP contribution in [0.25, 0.3) is 0 Å². The average molecular weight is 329 g/mol. The minimum absolute atomic E-state index is 0. The number of halogens is 1. The first-order chi connectivity index (χ1) is 10.2. The summed E-state index contributed by atoms with van der Waals surface area (Å²) < 4.78 is 5.30. The number of nitrogens with one attached hydrogen (secondary N) is 1. The van der Waals surface area contributed by atoms with Gasteiger partial charge in [-0.05, 0) is 32.2 Å². The Morgan fingerprint density at radius 3 is 2.82 bits per heavy atom. The molecule has 2 unspecified atom stereocenters. The number of hydrogen-bond acceptors (Lipinski definition) is 5. The number of carbonyl (C=O) groups is 1. The molecule has 0 aromatic carbocycles. The van der Waals surface area contributed by atoms with Crippen LogP contribution in [0.5, 0.6) is 0 Å². The van der Waals surface area contributed by atoms with Crippen molar-refractivity contribution in [2.24, 2.45) is 5.92 Å². The van der Waals surface area contributed by atoms with E-state index in [0.29, 0.717) is 11.7 Å². The summed E-state index contributed by atoms with van der Waals surface area (Å²) in [7, 11) is 0. The standard InChI is InChI=1S/C15H24N4O2.ClH/c1-10(2)14-17-13(18-21-14)12-6-4-8-19(12)15(20)11-5-3-7-16-9-11;/h10-12,16H,3-9H2,1-2H3;1H. The molecule has 7 heteroatoms. The van der Waals surface area contributed by atoms with Gasteiger partial charge in [0.15, 0.2) is 5.82 Å². The Hall–Kier alpha value is -1.14. The topological polar surface area (TPSA) is 71.3 Å². The Bertz CT molecular complexity index is 499. The second kappa shape index (κ2) is 7.42. The fourth-order valence-electron chi connectivity index (χ4n) is 3.21. The molecule has 0 spiro atoms. The van der Waals surface area contributed by atoms with Crippen molar-refractivity contribution >= 4 is 18.3 Å². The van der Waals surface area contributed by atoms with Crippen molar-refractivity contribution in [2.45, 2.75) is 51.5 Å². The van der Waals surface area contributed by atoms with Gasteiger partial charge in [0.1, 0.15) is 0 Å². The molecule has 0 saturated carbocycles. The summed E-state index contributed by atoms with van der Waals surface area (Å²) in [4.78, 5) is 19.2. The lowest BCUT2D eigenvalue weighted by molar-refractivity contribution is -0.137. The van der Waals surface area contributed by atoms with Crippen molar-refractivity contribution in [3.63, 3.8) is 0 Å². The van der Waals surface area contributed by atoms with Gasteiger partial charge in [-0.3, -0.25) is 4.79 Å². The maximum atomic E-state index is 12.7. The fraction of sp³-hybridized carbons (Fsp3) is 0.800. The van der Waals surface area contributed by atoms with Crippen LogP contribution >= 0.6 is 12.4 Å². The minimum atomic E-state index is -0.00400. The van der Waals surface area contributed by atoms with E-state index in [9.17, 15) is 4.79 Å². The number of rotatable bonds is 3.